The second-order valence-corrected chi connectivity index (χ2v) is 8.03. The minimum atomic E-state index is 0.784. The molecule has 5 rings (SSSR count). The minimum Gasteiger partial charge on any atom is -0.497 e. The molecule has 3 nitrogen and oxygen atoms in total. The third kappa shape index (κ3) is 3.32. The first-order chi connectivity index (χ1) is 15.1. The van der Waals surface area contributed by atoms with Crippen molar-refractivity contribution in [2.45, 2.75) is 13.8 Å². The second-order valence-electron chi connectivity index (χ2n) is 8.03. The number of H-pyrrole nitrogens is 1. The van der Waals surface area contributed by atoms with Gasteiger partial charge in [-0.05, 0) is 60.4 Å². The molecule has 0 unspecified atom stereocenters. The van der Waals surface area contributed by atoms with Gasteiger partial charge >= 0.3 is 0 Å². The number of hydrogen-bond donors (Lipinski definition) is 1. The van der Waals surface area contributed by atoms with Crippen molar-refractivity contribution in [3.63, 3.8) is 0 Å². The highest BCUT2D eigenvalue weighted by Gasteiger charge is 2.12. The first-order valence-electron chi connectivity index (χ1n) is 10.4. The van der Waals surface area contributed by atoms with Gasteiger partial charge in [0.25, 0.3) is 0 Å². The number of fused-ring (bicyclic) bond motifs is 3. The van der Waals surface area contributed by atoms with E-state index >= 15 is 0 Å². The van der Waals surface area contributed by atoms with E-state index in [-0.39, 0.29) is 0 Å². The molecule has 0 aliphatic rings. The molecule has 0 saturated carbocycles. The van der Waals surface area contributed by atoms with Crippen molar-refractivity contribution < 1.29 is 9.47 Å². The molecule has 0 spiro atoms. The smallest absolute Gasteiger partial charge is 0.130 e. The van der Waals surface area contributed by atoms with E-state index in [9.17, 15) is 0 Å². The Morgan fingerprint density at radius 2 is 1.26 bits per heavy atom. The number of ether oxygens (including phenoxy) is 2. The monoisotopic (exact) mass is 407 g/mol. The Morgan fingerprint density at radius 3 is 1.87 bits per heavy atom. The molecule has 0 aliphatic carbocycles. The summed E-state index contributed by atoms with van der Waals surface area (Å²) in [5.74, 6) is 1.58. The predicted octanol–water partition coefficient (Wildman–Crippen LogP) is 7.29. The molecule has 31 heavy (non-hydrogen) atoms. The van der Waals surface area contributed by atoms with E-state index in [1.165, 1.54) is 33.0 Å². The Hall–Kier alpha value is -3.72. The van der Waals surface area contributed by atoms with Gasteiger partial charge in [-0.2, -0.15) is 0 Å². The molecular formula is C28H25NO2. The number of benzene rings is 4. The molecular weight excluding hydrogens is 382 g/mol. The van der Waals surface area contributed by atoms with Crippen LogP contribution in [0.25, 0.3) is 44.1 Å². The third-order valence-electron chi connectivity index (χ3n) is 6.01. The minimum absolute atomic E-state index is 0.784. The van der Waals surface area contributed by atoms with Gasteiger partial charge in [-0.3, -0.25) is 0 Å². The van der Waals surface area contributed by atoms with Gasteiger partial charge in [0.05, 0.1) is 14.2 Å². The van der Waals surface area contributed by atoms with Crippen LogP contribution in [0.1, 0.15) is 11.1 Å². The number of nitrogens with one attached hydrogen (secondary N) is 1. The maximum absolute atomic E-state index is 5.61. The molecule has 0 aliphatic heterocycles. The van der Waals surface area contributed by atoms with Crippen molar-refractivity contribution in [3.8, 4) is 33.8 Å². The lowest BCUT2D eigenvalue weighted by atomic mass is 9.97. The van der Waals surface area contributed by atoms with Crippen LogP contribution in [-0.4, -0.2) is 19.2 Å². The van der Waals surface area contributed by atoms with Crippen LogP contribution in [0.15, 0.2) is 72.8 Å². The maximum atomic E-state index is 5.61. The van der Waals surface area contributed by atoms with Crippen LogP contribution in [0, 0.1) is 13.8 Å². The molecule has 5 aromatic rings. The highest BCUT2D eigenvalue weighted by molar-refractivity contribution is 6.09. The number of aromatic amines is 1. The van der Waals surface area contributed by atoms with Crippen LogP contribution in [-0.2, 0) is 0 Å². The fourth-order valence-electron chi connectivity index (χ4n) is 4.42. The Balaban J connectivity index is 1.62. The molecule has 3 heteroatoms. The lowest BCUT2D eigenvalue weighted by Crippen LogP contribution is -1.90. The standard InChI is InChI=1S/C28H25NO2/c1-17-5-9-22(18(2)13-17)19-6-10-24-25-11-7-20(15-27(25)29-26(24)14-19)23-12-8-21(30-3)16-28(23)31-4/h5-16,29H,1-4H3. The Bertz CT molecular complexity index is 1430. The highest BCUT2D eigenvalue weighted by atomic mass is 16.5. The summed E-state index contributed by atoms with van der Waals surface area (Å²) in [5, 5.41) is 2.45. The molecule has 0 bridgehead atoms. The maximum Gasteiger partial charge on any atom is 0.130 e. The van der Waals surface area contributed by atoms with Crippen molar-refractivity contribution in [1.82, 2.24) is 4.98 Å². The zero-order chi connectivity index (χ0) is 21.5. The van der Waals surface area contributed by atoms with Crippen LogP contribution < -0.4 is 9.47 Å². The van der Waals surface area contributed by atoms with Gasteiger partial charge < -0.3 is 14.5 Å². The Kier molecular flexibility index (Phi) is 4.67. The number of hydrogen-bond acceptors (Lipinski definition) is 2. The van der Waals surface area contributed by atoms with E-state index in [1.807, 2.05) is 18.2 Å². The van der Waals surface area contributed by atoms with Gasteiger partial charge in [0, 0.05) is 33.4 Å². The summed E-state index contributed by atoms with van der Waals surface area (Å²) in [6.45, 7) is 4.30. The summed E-state index contributed by atoms with van der Waals surface area (Å²) in [7, 11) is 3.35. The van der Waals surface area contributed by atoms with Crippen LogP contribution >= 0.6 is 0 Å². The third-order valence-corrected chi connectivity index (χ3v) is 6.01. The molecule has 0 radical (unpaired) electrons. The molecule has 0 saturated heterocycles. The molecule has 0 amide bonds. The SMILES string of the molecule is COc1ccc(-c2ccc3c(c2)[nH]c2cc(-c4ccc(C)cc4C)ccc23)c(OC)c1. The number of aryl methyl sites for hydroxylation is 2. The predicted molar refractivity (Wildman–Crippen MR) is 129 cm³/mol. The van der Waals surface area contributed by atoms with E-state index in [0.717, 1.165) is 33.7 Å². The van der Waals surface area contributed by atoms with E-state index in [4.69, 9.17) is 9.47 Å². The normalized spacial score (nSPS) is 11.2. The molecule has 4 aromatic carbocycles. The summed E-state index contributed by atoms with van der Waals surface area (Å²) in [6.07, 6.45) is 0. The van der Waals surface area contributed by atoms with Gasteiger partial charge in [0.2, 0.25) is 0 Å². The summed E-state index contributed by atoms with van der Waals surface area (Å²) < 4.78 is 10.9. The highest BCUT2D eigenvalue weighted by Crippen LogP contribution is 2.37. The average Bonchev–Trinajstić information content (AvgIpc) is 3.15. The molecule has 0 fully saturated rings. The fourth-order valence-corrected chi connectivity index (χ4v) is 4.42. The van der Waals surface area contributed by atoms with Crippen molar-refractivity contribution in [2.75, 3.05) is 14.2 Å². The second kappa shape index (κ2) is 7.51. The van der Waals surface area contributed by atoms with E-state index in [1.54, 1.807) is 14.2 Å². The van der Waals surface area contributed by atoms with E-state index in [0.29, 0.717) is 0 Å². The lowest BCUT2D eigenvalue weighted by Gasteiger charge is -2.10. The van der Waals surface area contributed by atoms with Gasteiger partial charge in [-0.1, -0.05) is 48.0 Å². The van der Waals surface area contributed by atoms with Crippen LogP contribution in [0.3, 0.4) is 0 Å². The topological polar surface area (TPSA) is 34.2 Å². The van der Waals surface area contributed by atoms with E-state index < -0.39 is 0 Å². The quantitative estimate of drug-likeness (QED) is 0.339. The van der Waals surface area contributed by atoms with Crippen molar-refractivity contribution in [1.29, 1.82) is 0 Å². The van der Waals surface area contributed by atoms with Crippen molar-refractivity contribution >= 4 is 21.8 Å². The van der Waals surface area contributed by atoms with Gasteiger partial charge in [-0.15, -0.1) is 0 Å². The largest absolute Gasteiger partial charge is 0.497 e. The summed E-state index contributed by atoms with van der Waals surface area (Å²) >= 11 is 0. The molecule has 0 atom stereocenters. The summed E-state index contributed by atoms with van der Waals surface area (Å²) in [6, 6.07) is 25.8. The molecule has 1 aromatic heterocycles. The van der Waals surface area contributed by atoms with Gasteiger partial charge in [0.15, 0.2) is 0 Å². The summed E-state index contributed by atoms with van der Waals surface area (Å²) in [5.41, 5.74) is 9.49. The lowest BCUT2D eigenvalue weighted by molar-refractivity contribution is 0.395. The van der Waals surface area contributed by atoms with E-state index in [2.05, 4.69) is 73.4 Å². The zero-order valence-corrected chi connectivity index (χ0v) is 18.2. The van der Waals surface area contributed by atoms with Crippen molar-refractivity contribution in [3.05, 3.63) is 83.9 Å². The average molecular weight is 408 g/mol. The number of methoxy groups -OCH3 is 2. The zero-order valence-electron chi connectivity index (χ0n) is 18.2. The van der Waals surface area contributed by atoms with Gasteiger partial charge in [0.1, 0.15) is 11.5 Å². The van der Waals surface area contributed by atoms with Crippen LogP contribution in [0.5, 0.6) is 11.5 Å². The first-order valence-corrected chi connectivity index (χ1v) is 10.4. The molecule has 154 valence electrons. The molecule has 1 N–H and O–H groups in total. The molecule has 1 heterocycles. The summed E-state index contributed by atoms with van der Waals surface area (Å²) in [4.78, 5) is 3.62. The van der Waals surface area contributed by atoms with Crippen LogP contribution in [0.4, 0.5) is 0 Å². The van der Waals surface area contributed by atoms with Gasteiger partial charge in [-0.25, -0.2) is 0 Å². The Labute approximate surface area is 182 Å². The number of rotatable bonds is 4. The fraction of sp³-hybridized carbons (Fsp3) is 0.143. The first kappa shape index (κ1) is 19.3. The Morgan fingerprint density at radius 1 is 0.613 bits per heavy atom. The number of aromatic nitrogens is 1. The van der Waals surface area contributed by atoms with Crippen molar-refractivity contribution in [2.24, 2.45) is 0 Å². The van der Waals surface area contributed by atoms with Crippen LogP contribution in [0.2, 0.25) is 0 Å².